The largest absolute Gasteiger partial charge is 0.337 e. The fourth-order valence-electron chi connectivity index (χ4n) is 3.13. The molecule has 2 aromatic rings. The second-order valence-corrected chi connectivity index (χ2v) is 7.30. The third kappa shape index (κ3) is 5.09. The Kier molecular flexibility index (Phi) is 7.22. The molecule has 2 amide bonds. The van der Waals surface area contributed by atoms with Crippen molar-refractivity contribution in [1.82, 2.24) is 5.32 Å². The smallest absolute Gasteiger partial charge is 0.319 e. The molecule has 0 heterocycles. The Morgan fingerprint density at radius 1 is 0.923 bits per heavy atom. The van der Waals surface area contributed by atoms with Gasteiger partial charge in [-0.2, -0.15) is 0 Å². The second kappa shape index (κ2) is 9.39. The highest BCUT2D eigenvalue weighted by Crippen LogP contribution is 2.32. The molecular formula is C22H31N3O. The van der Waals surface area contributed by atoms with E-state index in [9.17, 15) is 4.79 Å². The molecule has 0 saturated heterocycles. The molecule has 0 aliphatic heterocycles. The molecule has 2 aromatic carbocycles. The van der Waals surface area contributed by atoms with Crippen LogP contribution in [0.15, 0.2) is 48.5 Å². The first kappa shape index (κ1) is 20.0. The third-order valence-electron chi connectivity index (χ3n) is 4.68. The Labute approximate surface area is 157 Å². The Balaban J connectivity index is 2.10. The van der Waals surface area contributed by atoms with Gasteiger partial charge in [0.15, 0.2) is 0 Å². The highest BCUT2D eigenvalue weighted by atomic mass is 16.2. The van der Waals surface area contributed by atoms with Crippen LogP contribution >= 0.6 is 0 Å². The predicted molar refractivity (Wildman–Crippen MR) is 110 cm³/mol. The molecule has 26 heavy (non-hydrogen) atoms. The van der Waals surface area contributed by atoms with Crippen LogP contribution in [0.3, 0.4) is 0 Å². The van der Waals surface area contributed by atoms with Crippen LogP contribution in [0.1, 0.15) is 62.1 Å². The van der Waals surface area contributed by atoms with Crippen LogP contribution in [0.25, 0.3) is 0 Å². The number of nitrogens with one attached hydrogen (secondary N) is 2. The Bertz CT molecular complexity index is 684. The number of urea groups is 1. The SMILES string of the molecule is CC(C)c1cccc(C(C)C)c1NC(=O)NCC(CN)c1ccccc1. The van der Waals surface area contributed by atoms with E-state index in [4.69, 9.17) is 5.73 Å². The van der Waals surface area contributed by atoms with Gasteiger partial charge in [0.1, 0.15) is 0 Å². The van der Waals surface area contributed by atoms with Gasteiger partial charge in [-0.3, -0.25) is 0 Å². The maximum Gasteiger partial charge on any atom is 0.319 e. The van der Waals surface area contributed by atoms with Crippen molar-refractivity contribution in [3.8, 4) is 0 Å². The van der Waals surface area contributed by atoms with Crippen molar-refractivity contribution >= 4 is 11.7 Å². The number of hydrogen-bond donors (Lipinski definition) is 3. The lowest BCUT2D eigenvalue weighted by Gasteiger charge is -2.21. The molecule has 4 nitrogen and oxygen atoms in total. The lowest BCUT2D eigenvalue weighted by Crippen LogP contribution is -2.35. The minimum absolute atomic E-state index is 0.104. The molecule has 0 radical (unpaired) electrons. The van der Waals surface area contributed by atoms with Gasteiger partial charge in [0.2, 0.25) is 0 Å². The van der Waals surface area contributed by atoms with Gasteiger partial charge in [0.25, 0.3) is 0 Å². The van der Waals surface area contributed by atoms with E-state index >= 15 is 0 Å². The molecule has 4 heteroatoms. The Hall–Kier alpha value is -2.33. The van der Waals surface area contributed by atoms with Crippen LogP contribution in [0.4, 0.5) is 10.5 Å². The summed E-state index contributed by atoms with van der Waals surface area (Å²) in [6.45, 7) is 9.56. The topological polar surface area (TPSA) is 67.2 Å². The van der Waals surface area contributed by atoms with E-state index in [2.05, 4.69) is 56.5 Å². The number of benzene rings is 2. The maximum atomic E-state index is 12.6. The van der Waals surface area contributed by atoms with Crippen LogP contribution in [-0.4, -0.2) is 19.1 Å². The molecule has 1 unspecified atom stereocenters. The molecule has 0 spiro atoms. The lowest BCUT2D eigenvalue weighted by molar-refractivity contribution is 0.251. The summed E-state index contributed by atoms with van der Waals surface area (Å²) < 4.78 is 0. The fourth-order valence-corrected chi connectivity index (χ4v) is 3.13. The van der Waals surface area contributed by atoms with Gasteiger partial charge < -0.3 is 16.4 Å². The minimum Gasteiger partial charge on any atom is -0.337 e. The van der Waals surface area contributed by atoms with Gasteiger partial charge >= 0.3 is 6.03 Å². The van der Waals surface area contributed by atoms with E-state index in [0.29, 0.717) is 24.9 Å². The normalized spacial score (nSPS) is 12.3. The first-order valence-electron chi connectivity index (χ1n) is 9.36. The summed E-state index contributed by atoms with van der Waals surface area (Å²) in [5.74, 6) is 0.780. The van der Waals surface area contributed by atoms with Gasteiger partial charge in [-0.15, -0.1) is 0 Å². The molecule has 0 fully saturated rings. The first-order valence-corrected chi connectivity index (χ1v) is 9.36. The summed E-state index contributed by atoms with van der Waals surface area (Å²) in [7, 11) is 0. The molecule has 0 saturated carbocycles. The van der Waals surface area contributed by atoms with E-state index in [-0.39, 0.29) is 11.9 Å². The van der Waals surface area contributed by atoms with Crippen molar-refractivity contribution in [2.45, 2.75) is 45.4 Å². The monoisotopic (exact) mass is 353 g/mol. The first-order chi connectivity index (χ1) is 12.4. The highest BCUT2D eigenvalue weighted by Gasteiger charge is 2.17. The summed E-state index contributed by atoms with van der Waals surface area (Å²) in [5, 5.41) is 6.06. The summed E-state index contributed by atoms with van der Waals surface area (Å²) in [4.78, 5) is 12.6. The van der Waals surface area contributed by atoms with Crippen LogP contribution in [0, 0.1) is 0 Å². The number of carbonyl (C=O) groups is 1. The summed E-state index contributed by atoms with van der Waals surface area (Å²) in [6, 6.07) is 16.1. The third-order valence-corrected chi connectivity index (χ3v) is 4.68. The molecular weight excluding hydrogens is 322 g/mol. The van der Waals surface area contributed by atoms with Gasteiger partial charge in [-0.25, -0.2) is 4.79 Å². The number of amides is 2. The molecule has 140 valence electrons. The fraction of sp³-hybridized carbons (Fsp3) is 0.409. The van der Waals surface area contributed by atoms with Gasteiger partial charge in [0, 0.05) is 24.7 Å². The number of nitrogens with two attached hydrogens (primary N) is 1. The van der Waals surface area contributed by atoms with E-state index < -0.39 is 0 Å². The van der Waals surface area contributed by atoms with Crippen LogP contribution < -0.4 is 16.4 Å². The zero-order chi connectivity index (χ0) is 19.1. The Morgan fingerprint density at radius 2 is 1.50 bits per heavy atom. The summed E-state index contributed by atoms with van der Waals surface area (Å²) in [5.41, 5.74) is 10.3. The van der Waals surface area contributed by atoms with Crippen molar-refractivity contribution < 1.29 is 4.79 Å². The summed E-state index contributed by atoms with van der Waals surface area (Å²) >= 11 is 0. The Morgan fingerprint density at radius 3 is 2.00 bits per heavy atom. The van der Waals surface area contributed by atoms with Crippen molar-refractivity contribution in [2.75, 3.05) is 18.4 Å². The lowest BCUT2D eigenvalue weighted by atomic mass is 9.93. The van der Waals surface area contributed by atoms with Gasteiger partial charge in [-0.1, -0.05) is 76.2 Å². The van der Waals surface area contributed by atoms with Crippen LogP contribution in [0.5, 0.6) is 0 Å². The molecule has 0 aromatic heterocycles. The molecule has 0 aliphatic carbocycles. The predicted octanol–water partition coefficient (Wildman–Crippen LogP) is 4.80. The van der Waals surface area contributed by atoms with Crippen molar-refractivity contribution in [3.05, 3.63) is 65.2 Å². The summed E-state index contributed by atoms with van der Waals surface area (Å²) in [6.07, 6.45) is 0. The van der Waals surface area contributed by atoms with E-state index in [1.807, 2.05) is 30.3 Å². The van der Waals surface area contributed by atoms with Crippen molar-refractivity contribution in [2.24, 2.45) is 5.73 Å². The number of para-hydroxylation sites is 1. The molecule has 0 bridgehead atoms. The second-order valence-electron chi connectivity index (χ2n) is 7.30. The van der Waals surface area contributed by atoms with Crippen molar-refractivity contribution in [3.63, 3.8) is 0 Å². The molecule has 0 aliphatic rings. The number of hydrogen-bond acceptors (Lipinski definition) is 2. The van der Waals surface area contributed by atoms with E-state index in [0.717, 1.165) is 22.4 Å². The van der Waals surface area contributed by atoms with Gasteiger partial charge in [-0.05, 0) is 28.5 Å². The molecule has 4 N–H and O–H groups in total. The zero-order valence-corrected chi connectivity index (χ0v) is 16.3. The highest BCUT2D eigenvalue weighted by molar-refractivity contribution is 5.91. The number of carbonyl (C=O) groups excluding carboxylic acids is 1. The number of rotatable bonds is 7. The van der Waals surface area contributed by atoms with Crippen molar-refractivity contribution in [1.29, 1.82) is 0 Å². The standard InChI is InChI=1S/C22H31N3O/c1-15(2)19-11-8-12-20(16(3)4)21(19)25-22(26)24-14-18(13-23)17-9-6-5-7-10-17/h5-12,15-16,18H,13-14,23H2,1-4H3,(H2,24,25,26). The quantitative estimate of drug-likeness (QED) is 0.669. The molecule has 2 rings (SSSR count). The van der Waals surface area contributed by atoms with Crippen LogP contribution in [0.2, 0.25) is 0 Å². The van der Waals surface area contributed by atoms with Crippen LogP contribution in [-0.2, 0) is 0 Å². The zero-order valence-electron chi connectivity index (χ0n) is 16.3. The minimum atomic E-state index is -0.186. The van der Waals surface area contributed by atoms with E-state index in [1.165, 1.54) is 0 Å². The number of anilines is 1. The molecule has 1 atom stereocenters. The average Bonchev–Trinajstić information content (AvgIpc) is 2.63. The van der Waals surface area contributed by atoms with Gasteiger partial charge in [0.05, 0.1) is 0 Å². The average molecular weight is 354 g/mol. The van der Waals surface area contributed by atoms with E-state index in [1.54, 1.807) is 0 Å². The maximum absolute atomic E-state index is 12.6.